The molecule has 112 heavy (non-hydrogen) atoms. The van der Waals surface area contributed by atoms with Crippen LogP contribution in [0, 0.1) is 64.1 Å². The molecule has 0 amide bonds. The molecular formula is C93H94N16O3. The van der Waals surface area contributed by atoms with Crippen molar-refractivity contribution in [3.8, 4) is 18.2 Å². The van der Waals surface area contributed by atoms with Gasteiger partial charge in [0.15, 0.2) is 50.2 Å². The van der Waals surface area contributed by atoms with Gasteiger partial charge in [-0.05, 0) is 205 Å². The van der Waals surface area contributed by atoms with Gasteiger partial charge in [0.1, 0.15) is 51.6 Å². The third-order valence-corrected chi connectivity index (χ3v) is 27.0. The molecule has 6 aromatic carbocycles. The van der Waals surface area contributed by atoms with E-state index in [1.165, 1.54) is 50.4 Å². The van der Waals surface area contributed by atoms with Gasteiger partial charge in [0.25, 0.3) is 0 Å². The van der Waals surface area contributed by atoms with Crippen LogP contribution in [0.1, 0.15) is 197 Å². The molecule has 9 aromatic heterocycles. The SMILES string of the molecule is CC1(C)CCN2CCC(C)(C)c3c2c1cc1cc2c(oc31)c(C#N)c(=N)n1c3ccccc3nc21.CCN(CC)c1ccc2c(c1)nc1c3cc4cc5c6c(c4oc3c(C#N)c(=N)n21)C(C)(C)CCN6CCC5(C)C.Cc1cc2nc3c4cc5cc6c7c(c5oc4c(C#N)c(=N)n3c2cc1C)C(C)(C)CCN7CCC6(C)C. The van der Waals surface area contributed by atoms with Crippen molar-refractivity contribution in [2.24, 2.45) is 0 Å². The first-order chi connectivity index (χ1) is 53.3. The Morgan fingerprint density at radius 3 is 1.10 bits per heavy atom. The molecule has 19 heteroatoms. The van der Waals surface area contributed by atoms with Crippen LogP contribution in [0.5, 0.6) is 0 Å². The summed E-state index contributed by atoms with van der Waals surface area (Å²) in [6, 6.07) is 38.3. The van der Waals surface area contributed by atoms with Crippen LogP contribution in [0.2, 0.25) is 0 Å². The number of hydrogen-bond acceptors (Lipinski definition) is 16. The van der Waals surface area contributed by atoms with Gasteiger partial charge >= 0.3 is 0 Å². The molecule has 0 saturated carbocycles. The van der Waals surface area contributed by atoms with E-state index in [1.54, 1.807) is 4.40 Å². The Balaban J connectivity index is 0.000000113. The number of nitrogens with one attached hydrogen (secondary N) is 3. The molecule has 19 nitrogen and oxygen atoms in total. The fraction of sp³-hybridized carbons (Fsp3) is 0.387. The van der Waals surface area contributed by atoms with Gasteiger partial charge in [-0.2, -0.15) is 15.8 Å². The smallest absolute Gasteiger partial charge is 0.160 e. The highest BCUT2D eigenvalue weighted by Crippen LogP contribution is 2.57. The Labute approximate surface area is 649 Å². The van der Waals surface area contributed by atoms with Gasteiger partial charge in [-0.1, -0.05) is 95.2 Å². The minimum atomic E-state index is -0.0752. The van der Waals surface area contributed by atoms with E-state index in [1.807, 2.05) is 39.1 Å². The molecule has 3 N–H and O–H groups in total. The maximum atomic E-state index is 10.3. The summed E-state index contributed by atoms with van der Waals surface area (Å²) >= 11 is 0. The molecule has 0 radical (unpaired) electrons. The predicted octanol–water partition coefficient (Wildman–Crippen LogP) is 19.2. The molecule has 15 heterocycles. The number of imidazole rings is 3. The van der Waals surface area contributed by atoms with Gasteiger partial charge in [-0.15, -0.1) is 0 Å². The highest BCUT2D eigenvalue weighted by Gasteiger charge is 2.46. The van der Waals surface area contributed by atoms with E-state index < -0.39 is 0 Å². The van der Waals surface area contributed by atoms with Crippen LogP contribution < -0.4 is 36.1 Å². The van der Waals surface area contributed by atoms with Gasteiger partial charge in [0.2, 0.25) is 0 Å². The molecular weight excluding hydrogens is 1390 g/mol. The number of benzene rings is 6. The lowest BCUT2D eigenvalue weighted by molar-refractivity contribution is 0.400. The van der Waals surface area contributed by atoms with Crippen LogP contribution in [0.25, 0.3) is 116 Å². The minimum absolute atomic E-state index is 0.0537. The Bertz CT molecular complexity index is 7110. The second kappa shape index (κ2) is 23.9. The number of aromatic nitrogens is 6. The third-order valence-electron chi connectivity index (χ3n) is 27.0. The molecule has 0 aliphatic carbocycles. The molecule has 0 saturated heterocycles. The van der Waals surface area contributed by atoms with E-state index >= 15 is 0 Å². The van der Waals surface area contributed by atoms with Crippen molar-refractivity contribution in [2.75, 3.05) is 72.0 Å². The van der Waals surface area contributed by atoms with Crippen molar-refractivity contribution in [3.05, 3.63) is 169 Å². The van der Waals surface area contributed by atoms with Crippen molar-refractivity contribution in [1.29, 1.82) is 32.0 Å². The first-order valence-corrected chi connectivity index (χ1v) is 39.9. The number of fused-ring (bicyclic) bond motifs is 21. The molecule has 21 rings (SSSR count). The van der Waals surface area contributed by atoms with E-state index in [9.17, 15) is 15.8 Å². The number of hydrogen-bond donors (Lipinski definition) is 3. The Morgan fingerprint density at radius 1 is 0.393 bits per heavy atom. The van der Waals surface area contributed by atoms with Crippen LogP contribution in [-0.4, -0.2) is 80.5 Å². The van der Waals surface area contributed by atoms with Gasteiger partial charge in [0, 0.05) is 108 Å². The van der Waals surface area contributed by atoms with Gasteiger partial charge in [0.05, 0.1) is 49.3 Å². The van der Waals surface area contributed by atoms with E-state index in [0.717, 1.165) is 190 Å². The molecule has 15 aromatic rings. The van der Waals surface area contributed by atoms with Gasteiger partial charge < -0.3 is 32.9 Å². The maximum Gasteiger partial charge on any atom is 0.160 e. The summed E-state index contributed by atoms with van der Waals surface area (Å²) in [5, 5.41) is 63.1. The fourth-order valence-electron chi connectivity index (χ4n) is 20.0. The standard InChI is InChI=1S/C33H36N6O.C31H31N5O.C29H27N5O/c1-7-37(8-2)20-9-10-25-24(17-20)36-31-21-15-19-16-23-27-26(28(19)40-29(21)22(18-34)30(35)39(25)31)33(5,6)12-14-38(27)13-11-32(23,3)4;1-16-11-22-23(12-17(16)2)36-28(33)20(15-32)27-19(29(36)34-22)13-18-14-21-25-24(26(18)37-27)31(5,6)8-10-35(25)9-7-30(21,3)4;1-28(2)9-11-33-12-10-29(3,4)22-23(33)19(28)14-16-13-17-25(35-24(16)22)18(15-30)26(31)34-21-8-6-5-7-20(21)32-27(17)34/h9-10,15-17,35H,7-8,11-14H2,1-6H3;11-14,33H,7-10H2,1-6H3;5-8,13-14,31H,9-12H2,1-4H3. The molecule has 6 aliphatic heterocycles. The number of nitriles is 3. The molecule has 0 fully saturated rings. The highest BCUT2D eigenvalue weighted by atomic mass is 16.3. The molecule has 0 atom stereocenters. The summed E-state index contributed by atoms with van der Waals surface area (Å²) in [6.45, 7) is 44.4. The van der Waals surface area contributed by atoms with Gasteiger partial charge in [-0.25, -0.2) is 15.0 Å². The largest absolute Gasteiger partial charge is 0.454 e. The van der Waals surface area contributed by atoms with Crippen molar-refractivity contribution in [1.82, 2.24) is 28.2 Å². The summed E-state index contributed by atoms with van der Waals surface area (Å²) < 4.78 is 25.6. The second-order valence-corrected chi connectivity index (χ2v) is 36.5. The number of pyridine rings is 3. The lowest BCUT2D eigenvalue weighted by atomic mass is 9.69. The van der Waals surface area contributed by atoms with Crippen molar-refractivity contribution >= 4 is 139 Å². The number of aryl methyl sites for hydroxylation is 2. The van der Waals surface area contributed by atoms with Crippen LogP contribution in [0.4, 0.5) is 22.7 Å². The van der Waals surface area contributed by atoms with Crippen molar-refractivity contribution < 1.29 is 13.3 Å². The van der Waals surface area contributed by atoms with E-state index in [4.69, 9.17) is 44.4 Å². The lowest BCUT2D eigenvalue weighted by Crippen LogP contribution is -2.44. The Morgan fingerprint density at radius 2 is 0.723 bits per heavy atom. The fourth-order valence-corrected chi connectivity index (χ4v) is 20.0. The predicted molar refractivity (Wildman–Crippen MR) is 447 cm³/mol. The third kappa shape index (κ3) is 9.91. The highest BCUT2D eigenvalue weighted by molar-refractivity contribution is 6.08. The summed E-state index contributed by atoms with van der Waals surface area (Å²) in [6.07, 6.45) is 6.48. The molecule has 564 valence electrons. The number of rotatable bonds is 3. The molecule has 0 unspecified atom stereocenters. The molecule has 0 bridgehead atoms. The summed E-state index contributed by atoms with van der Waals surface area (Å²) in [4.78, 5) is 24.7. The maximum absolute atomic E-state index is 10.3. The van der Waals surface area contributed by atoms with Crippen molar-refractivity contribution in [3.63, 3.8) is 0 Å². The van der Waals surface area contributed by atoms with E-state index in [2.05, 4.69) is 209 Å². The summed E-state index contributed by atoms with van der Waals surface area (Å²) in [5.41, 5.74) is 27.0. The monoisotopic (exact) mass is 1480 g/mol. The molecule has 6 aliphatic rings. The second-order valence-electron chi connectivity index (χ2n) is 36.5. The van der Waals surface area contributed by atoms with Crippen LogP contribution >= 0.6 is 0 Å². The lowest BCUT2D eigenvalue weighted by Gasteiger charge is -2.48. The topological polar surface area (TPSA) is 247 Å². The Kier molecular flexibility index (Phi) is 15.1. The van der Waals surface area contributed by atoms with Crippen LogP contribution in [-0.2, 0) is 32.5 Å². The first-order valence-electron chi connectivity index (χ1n) is 39.9. The molecule has 0 spiro atoms. The zero-order valence-electron chi connectivity index (χ0n) is 67.1. The van der Waals surface area contributed by atoms with E-state index in [0.29, 0.717) is 33.7 Å². The minimum Gasteiger partial charge on any atom is -0.454 e. The Hall–Kier alpha value is -11.8. The van der Waals surface area contributed by atoms with E-state index in [-0.39, 0.29) is 65.6 Å². The summed E-state index contributed by atoms with van der Waals surface area (Å²) in [5.74, 6) is 0. The average Bonchev–Trinajstić information content (AvgIpc) is 0.925. The van der Waals surface area contributed by atoms with Crippen molar-refractivity contribution in [2.45, 2.75) is 182 Å². The quantitative estimate of drug-likeness (QED) is 0.139. The average molecular weight is 1480 g/mol. The normalized spacial score (nSPS) is 17.9. The van der Waals surface area contributed by atoms with Gasteiger partial charge in [-0.3, -0.25) is 29.4 Å². The zero-order chi connectivity index (χ0) is 78.4. The zero-order valence-corrected chi connectivity index (χ0v) is 67.1. The number of nitrogens with zero attached hydrogens (tertiary/aromatic N) is 13. The first kappa shape index (κ1) is 70.6. The number of para-hydroxylation sites is 2. The summed E-state index contributed by atoms with van der Waals surface area (Å²) in [7, 11) is 0. The van der Waals surface area contributed by atoms with Crippen LogP contribution in [0.3, 0.4) is 0 Å². The number of anilines is 4. The van der Waals surface area contributed by atoms with Crippen LogP contribution in [0.15, 0.2) is 104 Å².